The van der Waals surface area contributed by atoms with Crippen LogP contribution in [0.4, 0.5) is 19.0 Å². The van der Waals surface area contributed by atoms with Crippen molar-refractivity contribution in [2.45, 2.75) is 39.3 Å². The molecule has 0 radical (unpaired) electrons. The van der Waals surface area contributed by atoms with Crippen molar-refractivity contribution in [3.63, 3.8) is 0 Å². The third-order valence-electron chi connectivity index (χ3n) is 5.04. The fraction of sp³-hybridized carbons (Fsp3) is 0.318. The van der Waals surface area contributed by atoms with Gasteiger partial charge in [0.05, 0.1) is 16.9 Å². The quantitative estimate of drug-likeness (QED) is 0.593. The van der Waals surface area contributed by atoms with Crippen LogP contribution in [-0.4, -0.2) is 16.3 Å². The van der Waals surface area contributed by atoms with E-state index in [2.05, 4.69) is 23.5 Å². The number of benzene rings is 2. The minimum Gasteiger partial charge on any atom is -0.370 e. The molecule has 3 aromatic rings. The van der Waals surface area contributed by atoms with Gasteiger partial charge in [-0.15, -0.1) is 0 Å². The smallest absolute Gasteiger partial charge is 0.370 e. The van der Waals surface area contributed by atoms with Gasteiger partial charge >= 0.3 is 6.18 Å². The molecule has 1 aliphatic rings. The van der Waals surface area contributed by atoms with E-state index in [-0.39, 0.29) is 0 Å². The summed E-state index contributed by atoms with van der Waals surface area (Å²) in [6, 6.07) is 11.6. The molecule has 0 unspecified atom stereocenters. The van der Waals surface area contributed by atoms with E-state index in [1.807, 2.05) is 13.8 Å². The number of alkyl halides is 3. The Labute approximate surface area is 162 Å². The van der Waals surface area contributed by atoms with Gasteiger partial charge in [0.2, 0.25) is 0 Å². The highest BCUT2D eigenvalue weighted by atomic mass is 19.4. The van der Waals surface area contributed by atoms with Crippen LogP contribution in [0.1, 0.15) is 35.1 Å². The summed E-state index contributed by atoms with van der Waals surface area (Å²) in [5.74, 6) is 0.797. The Bertz CT molecular complexity index is 998. The molecule has 0 amide bonds. The van der Waals surface area contributed by atoms with Gasteiger partial charge in [0.15, 0.2) is 0 Å². The van der Waals surface area contributed by atoms with Gasteiger partial charge in [-0.3, -0.25) is 0 Å². The van der Waals surface area contributed by atoms with Gasteiger partial charge in [0.1, 0.15) is 5.82 Å². The Morgan fingerprint density at radius 2 is 1.75 bits per heavy atom. The molecule has 28 heavy (non-hydrogen) atoms. The lowest BCUT2D eigenvalue weighted by Gasteiger charge is -2.12. The van der Waals surface area contributed by atoms with Crippen molar-refractivity contribution in [2.75, 3.05) is 11.9 Å². The maximum Gasteiger partial charge on any atom is 0.416 e. The summed E-state index contributed by atoms with van der Waals surface area (Å²) in [5, 5.41) is 8.16. The zero-order chi connectivity index (χ0) is 19.9. The Hall–Kier alpha value is -2.76. The van der Waals surface area contributed by atoms with Crippen LogP contribution in [-0.2, 0) is 12.6 Å². The van der Waals surface area contributed by atoms with E-state index in [0.717, 1.165) is 71.7 Å². The molecule has 0 saturated carbocycles. The van der Waals surface area contributed by atoms with Crippen molar-refractivity contribution in [2.24, 2.45) is 0 Å². The summed E-state index contributed by atoms with van der Waals surface area (Å²) in [7, 11) is 0. The van der Waals surface area contributed by atoms with Crippen LogP contribution in [0.5, 0.6) is 0 Å². The van der Waals surface area contributed by atoms with Crippen molar-refractivity contribution >= 4 is 5.82 Å². The van der Waals surface area contributed by atoms with Crippen molar-refractivity contribution < 1.29 is 13.2 Å². The molecule has 4 rings (SSSR count). The number of aryl methyl sites for hydroxylation is 2. The number of rotatable bonds is 2. The molecule has 6 heteroatoms. The van der Waals surface area contributed by atoms with Crippen molar-refractivity contribution in [3.8, 4) is 16.9 Å². The predicted molar refractivity (Wildman–Crippen MR) is 105 cm³/mol. The molecule has 0 saturated heterocycles. The number of hydrogen-bond donors (Lipinski definition) is 1. The highest BCUT2D eigenvalue weighted by molar-refractivity contribution is 5.72. The predicted octanol–water partition coefficient (Wildman–Crippen LogP) is 5.92. The molecule has 146 valence electrons. The minimum atomic E-state index is -4.38. The third kappa shape index (κ3) is 3.51. The highest BCUT2D eigenvalue weighted by Crippen LogP contribution is 2.36. The van der Waals surface area contributed by atoms with Crippen molar-refractivity contribution in [1.82, 2.24) is 9.78 Å². The van der Waals surface area contributed by atoms with E-state index in [0.29, 0.717) is 5.69 Å². The van der Waals surface area contributed by atoms with Crippen LogP contribution in [0.3, 0.4) is 0 Å². The van der Waals surface area contributed by atoms with Crippen LogP contribution < -0.4 is 5.32 Å². The summed E-state index contributed by atoms with van der Waals surface area (Å²) in [6.07, 6.45) is -1.50. The van der Waals surface area contributed by atoms with Crippen LogP contribution in [0.2, 0.25) is 0 Å². The number of hydrogen-bond acceptors (Lipinski definition) is 2. The maximum atomic E-state index is 13.2. The first-order chi connectivity index (χ1) is 13.3. The van der Waals surface area contributed by atoms with Crippen LogP contribution in [0.15, 0.2) is 42.5 Å². The van der Waals surface area contributed by atoms with E-state index in [1.165, 1.54) is 6.07 Å². The average molecular weight is 385 g/mol. The number of halogens is 3. The van der Waals surface area contributed by atoms with Crippen molar-refractivity contribution in [3.05, 3.63) is 64.7 Å². The molecule has 1 N–H and O–H groups in total. The van der Waals surface area contributed by atoms with Gasteiger partial charge in [-0.05, 0) is 63.4 Å². The standard InChI is InChI=1S/C22H22F3N3/c1-14-10-15(2)12-16(11-14)20-19-8-3-4-9-26-21(19)28(27-20)18-7-5-6-17(13-18)22(23,24)25/h5-7,10-13,26H,3-4,8-9H2,1-2H3. The van der Waals surface area contributed by atoms with Gasteiger partial charge < -0.3 is 5.32 Å². The lowest BCUT2D eigenvalue weighted by atomic mass is 10.00. The van der Waals surface area contributed by atoms with Gasteiger partial charge in [0, 0.05) is 17.7 Å². The number of anilines is 1. The van der Waals surface area contributed by atoms with E-state index in [4.69, 9.17) is 5.10 Å². The third-order valence-corrected chi connectivity index (χ3v) is 5.04. The molecule has 0 aliphatic carbocycles. The Morgan fingerprint density at radius 1 is 1.00 bits per heavy atom. The lowest BCUT2D eigenvalue weighted by Crippen LogP contribution is -2.09. The first-order valence-electron chi connectivity index (χ1n) is 9.45. The highest BCUT2D eigenvalue weighted by Gasteiger charge is 2.31. The van der Waals surface area contributed by atoms with Gasteiger partial charge in [-0.1, -0.05) is 23.3 Å². The van der Waals surface area contributed by atoms with Crippen LogP contribution in [0, 0.1) is 13.8 Å². The second kappa shape index (κ2) is 7.00. The molecule has 1 aliphatic heterocycles. The average Bonchev–Trinajstić information content (AvgIpc) is 2.82. The van der Waals surface area contributed by atoms with Gasteiger partial charge in [-0.2, -0.15) is 18.3 Å². The minimum absolute atomic E-state index is 0.413. The number of nitrogens with one attached hydrogen (secondary N) is 1. The van der Waals surface area contributed by atoms with Gasteiger partial charge in [0.25, 0.3) is 0 Å². The Kier molecular flexibility index (Phi) is 4.65. The summed E-state index contributed by atoms with van der Waals surface area (Å²) in [6.45, 7) is 4.86. The molecule has 0 atom stereocenters. The first kappa shape index (κ1) is 18.6. The summed E-state index contributed by atoms with van der Waals surface area (Å²) >= 11 is 0. The van der Waals surface area contributed by atoms with Crippen LogP contribution in [0.25, 0.3) is 16.9 Å². The zero-order valence-corrected chi connectivity index (χ0v) is 15.9. The molecule has 2 heterocycles. The number of aromatic nitrogens is 2. The molecule has 0 fully saturated rings. The maximum absolute atomic E-state index is 13.2. The van der Waals surface area contributed by atoms with Crippen molar-refractivity contribution in [1.29, 1.82) is 0 Å². The largest absolute Gasteiger partial charge is 0.416 e. The second-order valence-corrected chi connectivity index (χ2v) is 7.40. The monoisotopic (exact) mass is 385 g/mol. The number of nitrogens with zero attached hydrogens (tertiary/aromatic N) is 2. The molecular formula is C22H22F3N3. The molecule has 0 bridgehead atoms. The molecular weight excluding hydrogens is 363 g/mol. The Morgan fingerprint density at radius 3 is 2.46 bits per heavy atom. The first-order valence-corrected chi connectivity index (χ1v) is 9.45. The molecule has 1 aromatic heterocycles. The zero-order valence-electron chi connectivity index (χ0n) is 15.9. The fourth-order valence-electron chi connectivity index (χ4n) is 3.85. The van der Waals surface area contributed by atoms with Gasteiger partial charge in [-0.25, -0.2) is 4.68 Å². The SMILES string of the molecule is Cc1cc(C)cc(-c2nn(-c3cccc(C(F)(F)F)c3)c3c2CCCCN3)c1. The summed E-state index contributed by atoms with van der Waals surface area (Å²) in [4.78, 5) is 0. The number of fused-ring (bicyclic) bond motifs is 1. The van der Waals surface area contributed by atoms with Crippen LogP contribution >= 0.6 is 0 Å². The summed E-state index contributed by atoms with van der Waals surface area (Å²) in [5.41, 5.74) is 4.93. The molecule has 0 spiro atoms. The van der Waals surface area contributed by atoms with E-state index in [9.17, 15) is 13.2 Å². The van der Waals surface area contributed by atoms with E-state index in [1.54, 1.807) is 10.7 Å². The normalized spacial score (nSPS) is 14.3. The Balaban J connectivity index is 1.91. The summed E-state index contributed by atoms with van der Waals surface area (Å²) < 4.78 is 41.2. The molecule has 2 aromatic carbocycles. The second-order valence-electron chi connectivity index (χ2n) is 7.40. The van der Waals surface area contributed by atoms with E-state index < -0.39 is 11.7 Å². The van der Waals surface area contributed by atoms with E-state index >= 15 is 0 Å². The fourth-order valence-corrected chi connectivity index (χ4v) is 3.85. The molecule has 3 nitrogen and oxygen atoms in total. The topological polar surface area (TPSA) is 29.9 Å². The lowest BCUT2D eigenvalue weighted by molar-refractivity contribution is -0.137.